The van der Waals surface area contributed by atoms with E-state index in [1.807, 2.05) is 0 Å². The third-order valence-corrected chi connectivity index (χ3v) is 3.87. The molecular formula is C20H18N2O4. The second kappa shape index (κ2) is 7.57. The Morgan fingerprint density at radius 1 is 0.846 bits per heavy atom. The number of ether oxygens (including phenoxy) is 2. The lowest BCUT2D eigenvalue weighted by Crippen LogP contribution is -2.20. The van der Waals surface area contributed by atoms with Crippen LogP contribution in [0.1, 0.15) is 10.4 Å². The maximum atomic E-state index is 12.5. The minimum Gasteiger partial charge on any atom is -0.497 e. The fourth-order valence-corrected chi connectivity index (χ4v) is 2.44. The van der Waals surface area contributed by atoms with Gasteiger partial charge in [0.25, 0.3) is 11.5 Å². The summed E-state index contributed by atoms with van der Waals surface area (Å²) in [4.78, 5) is 24.6. The van der Waals surface area contributed by atoms with Crippen molar-refractivity contribution in [3.8, 4) is 17.2 Å². The maximum absolute atomic E-state index is 12.5. The van der Waals surface area contributed by atoms with E-state index >= 15 is 0 Å². The van der Waals surface area contributed by atoms with Gasteiger partial charge in [-0.05, 0) is 54.6 Å². The lowest BCUT2D eigenvalue weighted by atomic mass is 10.2. The van der Waals surface area contributed by atoms with Gasteiger partial charge in [-0.15, -0.1) is 0 Å². The molecule has 1 heterocycles. The highest BCUT2D eigenvalue weighted by molar-refractivity contribution is 6.04. The first-order valence-electron chi connectivity index (χ1n) is 7.93. The van der Waals surface area contributed by atoms with Crippen LogP contribution >= 0.6 is 0 Å². The molecular weight excluding hydrogens is 332 g/mol. The molecule has 1 amide bonds. The van der Waals surface area contributed by atoms with E-state index in [1.54, 1.807) is 62.8 Å². The van der Waals surface area contributed by atoms with E-state index in [0.717, 1.165) is 0 Å². The predicted octanol–water partition coefficient (Wildman–Crippen LogP) is 3.11. The summed E-state index contributed by atoms with van der Waals surface area (Å²) in [5.41, 5.74) is 1.43. The van der Waals surface area contributed by atoms with Crippen LogP contribution in [0.25, 0.3) is 5.69 Å². The molecule has 2 aromatic carbocycles. The predicted molar refractivity (Wildman–Crippen MR) is 99.5 cm³/mol. The summed E-state index contributed by atoms with van der Waals surface area (Å²) in [5.74, 6) is 1.09. The summed E-state index contributed by atoms with van der Waals surface area (Å²) in [6, 6.07) is 16.9. The van der Waals surface area contributed by atoms with E-state index in [4.69, 9.17) is 9.47 Å². The highest BCUT2D eigenvalue weighted by Crippen LogP contribution is 2.17. The lowest BCUT2D eigenvalue weighted by Gasteiger charge is -2.10. The Hall–Kier alpha value is -3.54. The van der Waals surface area contributed by atoms with Crippen molar-refractivity contribution in [3.63, 3.8) is 0 Å². The molecule has 3 rings (SSSR count). The van der Waals surface area contributed by atoms with Crippen LogP contribution < -0.4 is 20.3 Å². The Kier molecular flexibility index (Phi) is 5.03. The van der Waals surface area contributed by atoms with Gasteiger partial charge in [-0.1, -0.05) is 0 Å². The number of carbonyl (C=O) groups excluding carboxylic acids is 1. The van der Waals surface area contributed by atoms with Crippen LogP contribution in [-0.4, -0.2) is 24.7 Å². The van der Waals surface area contributed by atoms with Crippen molar-refractivity contribution in [2.24, 2.45) is 0 Å². The van der Waals surface area contributed by atoms with Gasteiger partial charge in [0.2, 0.25) is 0 Å². The SMILES string of the molecule is COc1ccc(NC(=O)c2ccc(=O)n(-c3ccc(OC)cc3)c2)cc1. The van der Waals surface area contributed by atoms with Gasteiger partial charge in [0.05, 0.1) is 19.8 Å². The zero-order valence-corrected chi connectivity index (χ0v) is 14.4. The summed E-state index contributed by atoms with van der Waals surface area (Å²) in [6.45, 7) is 0. The van der Waals surface area contributed by atoms with Crippen molar-refractivity contribution in [2.75, 3.05) is 19.5 Å². The van der Waals surface area contributed by atoms with Gasteiger partial charge >= 0.3 is 0 Å². The summed E-state index contributed by atoms with van der Waals surface area (Å²) in [6.07, 6.45) is 1.52. The Morgan fingerprint density at radius 3 is 2.00 bits per heavy atom. The number of anilines is 1. The number of hydrogen-bond donors (Lipinski definition) is 1. The molecule has 0 aliphatic rings. The Balaban J connectivity index is 1.85. The largest absolute Gasteiger partial charge is 0.497 e. The Bertz CT molecular complexity index is 960. The summed E-state index contributed by atoms with van der Waals surface area (Å²) in [5, 5.41) is 2.80. The van der Waals surface area contributed by atoms with Crippen LogP contribution in [-0.2, 0) is 0 Å². The second-order valence-corrected chi connectivity index (χ2v) is 5.51. The maximum Gasteiger partial charge on any atom is 0.257 e. The number of amides is 1. The van der Waals surface area contributed by atoms with E-state index in [2.05, 4.69) is 5.32 Å². The van der Waals surface area contributed by atoms with Crippen molar-refractivity contribution in [1.82, 2.24) is 4.57 Å². The molecule has 0 atom stereocenters. The van der Waals surface area contributed by atoms with Crippen molar-refractivity contribution in [1.29, 1.82) is 0 Å². The Morgan fingerprint density at radius 2 is 1.42 bits per heavy atom. The van der Waals surface area contributed by atoms with Crippen molar-refractivity contribution in [2.45, 2.75) is 0 Å². The van der Waals surface area contributed by atoms with Crippen molar-refractivity contribution in [3.05, 3.63) is 82.8 Å². The average Bonchev–Trinajstić information content (AvgIpc) is 2.69. The fourth-order valence-electron chi connectivity index (χ4n) is 2.44. The first-order chi connectivity index (χ1) is 12.6. The van der Waals surface area contributed by atoms with Crippen molar-refractivity contribution < 1.29 is 14.3 Å². The number of rotatable bonds is 5. The molecule has 1 aromatic heterocycles. The number of hydrogen-bond acceptors (Lipinski definition) is 4. The molecule has 0 unspecified atom stereocenters. The van der Waals surface area contributed by atoms with Crippen LogP contribution in [0.2, 0.25) is 0 Å². The number of carbonyl (C=O) groups is 1. The second-order valence-electron chi connectivity index (χ2n) is 5.51. The third-order valence-electron chi connectivity index (χ3n) is 3.87. The molecule has 132 valence electrons. The molecule has 0 radical (unpaired) electrons. The van der Waals surface area contributed by atoms with Gasteiger partial charge in [-0.25, -0.2) is 0 Å². The van der Waals surface area contributed by atoms with E-state index in [0.29, 0.717) is 28.4 Å². The van der Waals surface area contributed by atoms with E-state index in [1.165, 1.54) is 22.9 Å². The number of nitrogens with zero attached hydrogens (tertiary/aromatic N) is 1. The van der Waals surface area contributed by atoms with Crippen LogP contribution in [0, 0.1) is 0 Å². The van der Waals surface area contributed by atoms with Gasteiger partial charge in [0.1, 0.15) is 11.5 Å². The van der Waals surface area contributed by atoms with Crippen LogP contribution in [0.3, 0.4) is 0 Å². The van der Waals surface area contributed by atoms with E-state index in [-0.39, 0.29) is 11.5 Å². The fraction of sp³-hybridized carbons (Fsp3) is 0.100. The molecule has 1 N–H and O–H groups in total. The molecule has 0 aliphatic heterocycles. The molecule has 6 nitrogen and oxygen atoms in total. The topological polar surface area (TPSA) is 69.6 Å². The molecule has 0 fully saturated rings. The normalized spacial score (nSPS) is 10.2. The van der Waals surface area contributed by atoms with Crippen LogP contribution in [0.5, 0.6) is 11.5 Å². The van der Waals surface area contributed by atoms with Crippen LogP contribution in [0.4, 0.5) is 5.69 Å². The first kappa shape index (κ1) is 17.3. The minimum absolute atomic E-state index is 0.226. The van der Waals surface area contributed by atoms with E-state index in [9.17, 15) is 9.59 Å². The van der Waals surface area contributed by atoms with Gasteiger partial charge in [0.15, 0.2) is 0 Å². The van der Waals surface area contributed by atoms with Crippen molar-refractivity contribution >= 4 is 11.6 Å². The Labute approximate surface area is 150 Å². The quantitative estimate of drug-likeness (QED) is 0.768. The average molecular weight is 350 g/mol. The summed E-state index contributed by atoms with van der Waals surface area (Å²) < 4.78 is 11.6. The molecule has 3 aromatic rings. The number of methoxy groups -OCH3 is 2. The number of pyridine rings is 1. The molecule has 26 heavy (non-hydrogen) atoms. The summed E-state index contributed by atoms with van der Waals surface area (Å²) >= 11 is 0. The highest BCUT2D eigenvalue weighted by Gasteiger charge is 2.09. The molecule has 6 heteroatoms. The van der Waals surface area contributed by atoms with Gasteiger partial charge < -0.3 is 14.8 Å². The molecule has 0 aliphatic carbocycles. The number of aromatic nitrogens is 1. The highest BCUT2D eigenvalue weighted by atomic mass is 16.5. The van der Waals surface area contributed by atoms with Gasteiger partial charge in [-0.3, -0.25) is 14.2 Å². The third kappa shape index (κ3) is 3.75. The van der Waals surface area contributed by atoms with E-state index < -0.39 is 0 Å². The standard InChI is InChI=1S/C20H18N2O4/c1-25-17-8-4-15(5-9-17)21-20(24)14-3-12-19(23)22(13-14)16-6-10-18(26-2)11-7-16/h3-13H,1-2H3,(H,21,24). The minimum atomic E-state index is -0.308. The monoisotopic (exact) mass is 350 g/mol. The number of nitrogens with one attached hydrogen (secondary N) is 1. The molecule has 0 saturated heterocycles. The summed E-state index contributed by atoms with van der Waals surface area (Å²) in [7, 11) is 3.15. The molecule has 0 saturated carbocycles. The lowest BCUT2D eigenvalue weighted by molar-refractivity contribution is 0.102. The number of benzene rings is 2. The zero-order chi connectivity index (χ0) is 18.5. The smallest absolute Gasteiger partial charge is 0.257 e. The molecule has 0 bridgehead atoms. The first-order valence-corrected chi connectivity index (χ1v) is 7.93. The van der Waals surface area contributed by atoms with Gasteiger partial charge in [0, 0.05) is 23.6 Å². The van der Waals surface area contributed by atoms with Crippen LogP contribution in [0.15, 0.2) is 71.7 Å². The zero-order valence-electron chi connectivity index (χ0n) is 14.4. The molecule has 0 spiro atoms. The van der Waals surface area contributed by atoms with Gasteiger partial charge in [-0.2, -0.15) is 0 Å².